The fourth-order valence-electron chi connectivity index (χ4n) is 12.5. The van der Waals surface area contributed by atoms with Crippen LogP contribution in [0.2, 0.25) is 0 Å². The topological polar surface area (TPSA) is 158 Å². The Morgan fingerprint density at radius 1 is 0.810 bits per heavy atom. The normalized spacial score (nSPS) is 22.7. The number of halogens is 1. The van der Waals surface area contributed by atoms with Crippen molar-refractivity contribution in [3.63, 3.8) is 0 Å². The number of hydrogen-bond donors (Lipinski definition) is 3. The Bertz CT molecular complexity index is 2130. The Morgan fingerprint density at radius 3 is 2.09 bits per heavy atom. The first-order valence-corrected chi connectivity index (χ1v) is 31.3. The molecule has 3 N–H and O–H groups in total. The molecule has 2 aliphatic carbocycles. The summed E-state index contributed by atoms with van der Waals surface area (Å²) in [5.74, 6) is -2.06. The van der Waals surface area contributed by atoms with Crippen molar-refractivity contribution in [1.82, 2.24) is 10.2 Å². The summed E-state index contributed by atoms with van der Waals surface area (Å²) in [5.41, 5.74) is 3.03. The number of ether oxygens (including phenoxy) is 5. The molecular weight excluding hydrogens is 1000 g/mol. The first-order chi connectivity index (χ1) is 38.8. The van der Waals surface area contributed by atoms with Crippen molar-refractivity contribution in [3.05, 3.63) is 83.7 Å². The van der Waals surface area contributed by atoms with Crippen molar-refractivity contribution in [2.24, 2.45) is 22.9 Å². The zero-order valence-electron chi connectivity index (χ0n) is 48.5. The fourth-order valence-corrected chi connectivity index (χ4v) is 12.5. The molecule has 0 aromatic heterocycles. The molecule has 6 rings (SSSR count). The summed E-state index contributed by atoms with van der Waals surface area (Å²) < 4.78 is 47.6. The molecule has 2 fully saturated rings. The molecule has 2 aromatic rings. The minimum Gasteiger partial charge on any atom is -0.459 e. The Labute approximate surface area is 473 Å². The van der Waals surface area contributed by atoms with Crippen LogP contribution in [0.1, 0.15) is 224 Å². The predicted molar refractivity (Wildman–Crippen MR) is 311 cm³/mol. The summed E-state index contributed by atoms with van der Waals surface area (Å²) in [6.45, 7) is 10.1. The SMILES string of the molecule is C=CCO[C@@]12Oc3ccc(OC(=O)NCCCCCCCCCCCC)cc3[C@H]3[C@H](CCCCO)[C@@H](CCCCO)C=C(C(=NOC4CCCCO4)C[C@@H]1N(Cc1ccc(F)cc1)C(=O)OCCCCCCCCCCCC)[C@H]32. The van der Waals surface area contributed by atoms with Crippen molar-refractivity contribution in [3.8, 4) is 11.5 Å². The van der Waals surface area contributed by atoms with Crippen molar-refractivity contribution in [2.75, 3.05) is 39.6 Å². The van der Waals surface area contributed by atoms with E-state index in [4.69, 9.17) is 33.7 Å². The molecule has 1 saturated heterocycles. The van der Waals surface area contributed by atoms with Crippen LogP contribution in [0.4, 0.5) is 14.0 Å². The maximum absolute atomic E-state index is 15.1. The lowest BCUT2D eigenvalue weighted by Crippen LogP contribution is -2.70. The van der Waals surface area contributed by atoms with Gasteiger partial charge < -0.3 is 44.1 Å². The number of aliphatic hydroxyl groups excluding tert-OH is 2. The number of nitrogens with one attached hydrogen (secondary N) is 1. The number of allylic oxidation sites excluding steroid dienone is 1. The lowest BCUT2D eigenvalue weighted by Gasteiger charge is -2.59. The third kappa shape index (κ3) is 19.9. The number of benzene rings is 2. The standard InChI is InChI=1S/C65H100FN3O10/c1-4-7-9-11-13-15-17-19-21-26-40-67-63(72)77-53-38-39-58-56(47-53)61-54(32-24-28-42-71)51(31-23-27-41-70)46-55-57(68-79-60-33-25-30-44-74-60)48-59(65(78-58,62(55)61)76-43-6-3)69(49-50-34-36-52(66)37-35-50)64(73)75-45-29-22-20-18-16-14-12-10-8-5-2/h6,34-39,46-47,51,54,59-62,70-71H,3-5,7-33,40-45,48-49H2,1-2H3,(H,67,72)/t51-,54+,59-,60?,61+,62+,65+/m0/s1. The zero-order valence-corrected chi connectivity index (χ0v) is 48.5. The maximum Gasteiger partial charge on any atom is 0.412 e. The van der Waals surface area contributed by atoms with Crippen LogP contribution in [0.15, 0.2) is 71.9 Å². The fraction of sp³-hybridized carbons (Fsp3) is 0.708. The largest absolute Gasteiger partial charge is 0.459 e. The predicted octanol–water partition coefficient (Wildman–Crippen LogP) is 15.6. The molecule has 4 aliphatic rings. The van der Waals surface area contributed by atoms with E-state index in [1.807, 2.05) is 12.1 Å². The van der Waals surface area contributed by atoms with Crippen molar-refractivity contribution in [1.29, 1.82) is 0 Å². The summed E-state index contributed by atoms with van der Waals surface area (Å²) in [5, 5.41) is 28.2. The maximum atomic E-state index is 15.1. The number of fused-ring (bicyclic) bond motifs is 2. The number of rotatable bonds is 39. The Hall–Kier alpha value is -4.50. The van der Waals surface area contributed by atoms with Gasteiger partial charge in [-0.05, 0) is 105 Å². The van der Waals surface area contributed by atoms with E-state index in [1.165, 1.54) is 95.6 Å². The molecule has 14 heteroatoms. The smallest absolute Gasteiger partial charge is 0.412 e. The molecule has 2 aliphatic heterocycles. The van der Waals surface area contributed by atoms with Gasteiger partial charge in [0, 0.05) is 50.6 Å². The minimum atomic E-state index is -1.56. The Balaban J connectivity index is 1.37. The highest BCUT2D eigenvalue weighted by molar-refractivity contribution is 6.03. The van der Waals surface area contributed by atoms with E-state index in [0.29, 0.717) is 61.6 Å². The van der Waals surface area contributed by atoms with Crippen LogP contribution in [-0.2, 0) is 25.6 Å². The Morgan fingerprint density at radius 2 is 1.46 bits per heavy atom. The summed E-state index contributed by atoms with van der Waals surface area (Å²) in [6.07, 6.45) is 32.8. The van der Waals surface area contributed by atoms with Crippen LogP contribution in [0.3, 0.4) is 0 Å². The number of hydrogen-bond acceptors (Lipinski definition) is 11. The molecule has 2 heterocycles. The van der Waals surface area contributed by atoms with Gasteiger partial charge in [-0.1, -0.05) is 172 Å². The van der Waals surface area contributed by atoms with E-state index in [-0.39, 0.29) is 63.0 Å². The summed E-state index contributed by atoms with van der Waals surface area (Å²) in [4.78, 5) is 36.7. The highest BCUT2D eigenvalue weighted by atomic mass is 19.1. The molecule has 7 atom stereocenters. The van der Waals surface area contributed by atoms with Crippen LogP contribution < -0.4 is 14.8 Å². The number of carbonyl (C=O) groups excluding carboxylic acids is 2. The van der Waals surface area contributed by atoms with Crippen molar-refractivity contribution in [2.45, 2.75) is 237 Å². The second kappa shape index (κ2) is 36.1. The molecule has 0 radical (unpaired) electrons. The monoisotopic (exact) mass is 1100 g/mol. The first kappa shape index (κ1) is 63.7. The third-order valence-corrected chi connectivity index (χ3v) is 16.7. The highest BCUT2D eigenvalue weighted by Crippen LogP contribution is 2.62. The first-order valence-electron chi connectivity index (χ1n) is 31.3. The minimum absolute atomic E-state index is 0.00694. The summed E-state index contributed by atoms with van der Waals surface area (Å²) in [6, 6.07) is 10.8. The van der Waals surface area contributed by atoms with E-state index in [1.54, 1.807) is 29.2 Å². The van der Waals surface area contributed by atoms with Gasteiger partial charge in [-0.2, -0.15) is 0 Å². The van der Waals surface area contributed by atoms with Crippen LogP contribution in [0.5, 0.6) is 11.5 Å². The molecule has 0 spiro atoms. The molecule has 13 nitrogen and oxygen atoms in total. The van der Waals surface area contributed by atoms with E-state index in [0.717, 1.165) is 88.2 Å². The number of nitrogens with zero attached hydrogens (tertiary/aromatic N) is 2. The number of oxime groups is 1. The molecule has 2 aromatic carbocycles. The molecular formula is C65H100FN3O10. The van der Waals surface area contributed by atoms with Crippen molar-refractivity contribution >= 4 is 17.9 Å². The van der Waals surface area contributed by atoms with Gasteiger partial charge in [-0.3, -0.25) is 4.90 Å². The second-order valence-electron chi connectivity index (χ2n) is 22.7. The van der Waals surface area contributed by atoms with E-state index in [9.17, 15) is 19.4 Å². The quantitative estimate of drug-likeness (QED) is 0.0334. The number of amides is 2. The Kier molecular flexibility index (Phi) is 29.1. The van der Waals surface area contributed by atoms with Gasteiger partial charge in [0.25, 0.3) is 0 Å². The number of unbranched alkanes of at least 4 members (excludes halogenated alkanes) is 20. The number of carbonyl (C=O) groups is 2. The van der Waals surface area contributed by atoms with Crippen LogP contribution >= 0.6 is 0 Å². The molecule has 79 heavy (non-hydrogen) atoms. The van der Waals surface area contributed by atoms with Crippen molar-refractivity contribution < 1.29 is 52.7 Å². The zero-order chi connectivity index (χ0) is 55.9. The van der Waals surface area contributed by atoms with Gasteiger partial charge in [0.15, 0.2) is 0 Å². The van der Waals surface area contributed by atoms with E-state index in [2.05, 4.69) is 31.8 Å². The van der Waals surface area contributed by atoms with Gasteiger partial charge in [-0.25, -0.2) is 14.0 Å². The summed E-state index contributed by atoms with van der Waals surface area (Å²) in [7, 11) is 0. The van der Waals surface area contributed by atoms with E-state index >= 15 is 4.79 Å². The van der Waals surface area contributed by atoms with Crippen LogP contribution in [0, 0.1) is 23.6 Å². The van der Waals surface area contributed by atoms with Gasteiger partial charge in [0.05, 0.1) is 31.5 Å². The molecule has 1 unspecified atom stereocenters. The number of aliphatic hydroxyl groups is 2. The average molecular weight is 1100 g/mol. The molecule has 2 amide bonds. The molecule has 0 bridgehead atoms. The highest BCUT2D eigenvalue weighted by Gasteiger charge is 2.66. The molecule has 1 saturated carbocycles. The average Bonchev–Trinajstić information content (AvgIpc) is 2.40. The lowest BCUT2D eigenvalue weighted by molar-refractivity contribution is -0.256. The van der Waals surface area contributed by atoms with Crippen LogP contribution in [-0.4, -0.2) is 90.7 Å². The lowest BCUT2D eigenvalue weighted by atomic mass is 9.55. The van der Waals surface area contributed by atoms with Gasteiger partial charge >= 0.3 is 12.2 Å². The van der Waals surface area contributed by atoms with Crippen LogP contribution in [0.25, 0.3) is 0 Å². The second-order valence-corrected chi connectivity index (χ2v) is 22.7. The summed E-state index contributed by atoms with van der Waals surface area (Å²) >= 11 is 0. The van der Waals surface area contributed by atoms with Gasteiger partial charge in [-0.15, -0.1) is 6.58 Å². The molecule has 442 valence electrons. The van der Waals surface area contributed by atoms with Gasteiger partial charge in [0.1, 0.15) is 23.4 Å². The third-order valence-electron chi connectivity index (χ3n) is 16.7. The van der Waals surface area contributed by atoms with E-state index < -0.39 is 36.2 Å². The van der Waals surface area contributed by atoms with Gasteiger partial charge in [0.2, 0.25) is 12.1 Å².